The molecule has 4 rings (SSSR count). The van der Waals surface area contributed by atoms with Crippen LogP contribution in [0.5, 0.6) is 5.75 Å². The second-order valence-corrected chi connectivity index (χ2v) is 10.1. The summed E-state index contributed by atoms with van der Waals surface area (Å²) < 4.78 is 19.1. The SMILES string of the molecule is CCCOc1ccc(NC(=O)C[C@@H]2C(=O)N(c3ccc(F)cc3)C(=S)N2CCCN2CCN(C)CC2)cc1. The smallest absolute Gasteiger partial charge is 0.256 e. The number of anilines is 2. The molecule has 0 aromatic heterocycles. The molecule has 0 aliphatic carbocycles. The van der Waals surface area contributed by atoms with Gasteiger partial charge in [-0.1, -0.05) is 6.92 Å². The van der Waals surface area contributed by atoms with Crippen LogP contribution in [0.4, 0.5) is 15.8 Å². The van der Waals surface area contributed by atoms with Crippen molar-refractivity contribution in [2.75, 3.05) is 63.1 Å². The highest BCUT2D eigenvalue weighted by molar-refractivity contribution is 7.80. The summed E-state index contributed by atoms with van der Waals surface area (Å²) in [6, 6.07) is 12.1. The van der Waals surface area contributed by atoms with Crippen molar-refractivity contribution in [3.8, 4) is 5.75 Å². The van der Waals surface area contributed by atoms with E-state index in [1.807, 2.05) is 24.0 Å². The number of nitrogens with one attached hydrogen (secondary N) is 1. The number of piperazine rings is 1. The largest absolute Gasteiger partial charge is 0.494 e. The second kappa shape index (κ2) is 13.1. The van der Waals surface area contributed by atoms with Crippen molar-refractivity contribution in [2.45, 2.75) is 32.2 Å². The van der Waals surface area contributed by atoms with Gasteiger partial charge < -0.3 is 24.8 Å². The fourth-order valence-corrected chi connectivity index (χ4v) is 5.11. The Balaban J connectivity index is 1.43. The fourth-order valence-electron chi connectivity index (χ4n) is 4.69. The first kappa shape index (κ1) is 27.9. The molecule has 2 aliphatic heterocycles. The molecule has 2 fully saturated rings. The quantitative estimate of drug-likeness (QED) is 0.436. The van der Waals surface area contributed by atoms with E-state index in [9.17, 15) is 14.0 Å². The van der Waals surface area contributed by atoms with Gasteiger partial charge in [0.05, 0.1) is 18.7 Å². The lowest BCUT2D eigenvalue weighted by atomic mass is 10.1. The maximum Gasteiger partial charge on any atom is 0.256 e. The molecule has 2 aromatic carbocycles. The van der Waals surface area contributed by atoms with Gasteiger partial charge in [-0.2, -0.15) is 0 Å². The maximum atomic E-state index is 13.5. The molecule has 2 heterocycles. The number of carbonyl (C=O) groups excluding carboxylic acids is 2. The summed E-state index contributed by atoms with van der Waals surface area (Å²) in [5.74, 6) is -0.210. The number of carbonyl (C=O) groups is 2. The number of amides is 2. The standard InChI is InChI=1S/C28H36FN5O3S/c1-3-19-37-24-11-7-22(8-12-24)30-26(35)20-25-27(36)34(23-9-5-21(29)6-10-23)28(38)33(25)14-4-13-32-17-15-31(2)16-18-32/h5-12,25H,3-4,13-20H2,1-2H3,(H,30,35)/t25-/m1/s1. The van der Waals surface area contributed by atoms with E-state index in [2.05, 4.69) is 22.2 Å². The van der Waals surface area contributed by atoms with Crippen LogP contribution in [0, 0.1) is 5.82 Å². The van der Waals surface area contributed by atoms with Gasteiger partial charge >= 0.3 is 0 Å². The van der Waals surface area contributed by atoms with Gasteiger partial charge in [-0.3, -0.25) is 14.5 Å². The molecule has 0 spiro atoms. The fraction of sp³-hybridized carbons (Fsp3) is 0.464. The topological polar surface area (TPSA) is 68.4 Å². The summed E-state index contributed by atoms with van der Waals surface area (Å²) in [6.07, 6.45) is 1.68. The normalized spacial score (nSPS) is 18.8. The molecule has 0 bridgehead atoms. The molecular formula is C28H36FN5O3S. The van der Waals surface area contributed by atoms with Gasteiger partial charge in [0.1, 0.15) is 17.6 Å². The predicted molar refractivity (Wildman–Crippen MR) is 151 cm³/mol. The number of thiocarbonyl (C=S) groups is 1. The van der Waals surface area contributed by atoms with Crippen LogP contribution in [-0.2, 0) is 9.59 Å². The van der Waals surface area contributed by atoms with Crippen molar-refractivity contribution >= 4 is 40.5 Å². The third-order valence-electron chi connectivity index (χ3n) is 6.86. The summed E-state index contributed by atoms with van der Waals surface area (Å²) in [5.41, 5.74) is 1.12. The second-order valence-electron chi connectivity index (χ2n) is 9.77. The average molecular weight is 542 g/mol. The third kappa shape index (κ3) is 7.06. The lowest BCUT2D eigenvalue weighted by Gasteiger charge is -2.33. The molecule has 10 heteroatoms. The molecule has 38 heavy (non-hydrogen) atoms. The van der Waals surface area contributed by atoms with Crippen LogP contribution < -0.4 is 15.0 Å². The van der Waals surface area contributed by atoms with Crippen LogP contribution in [0.25, 0.3) is 0 Å². The molecular weight excluding hydrogens is 505 g/mol. The van der Waals surface area contributed by atoms with Crippen molar-refractivity contribution in [3.63, 3.8) is 0 Å². The zero-order chi connectivity index (χ0) is 27.1. The molecule has 2 amide bonds. The molecule has 1 N–H and O–H groups in total. The Morgan fingerprint density at radius 1 is 1.05 bits per heavy atom. The summed E-state index contributed by atoms with van der Waals surface area (Å²) in [5, 5.41) is 3.23. The van der Waals surface area contributed by atoms with Crippen molar-refractivity contribution in [1.82, 2.24) is 14.7 Å². The first-order valence-corrected chi connectivity index (χ1v) is 13.6. The van der Waals surface area contributed by atoms with Gasteiger partial charge in [-0.25, -0.2) is 4.39 Å². The number of benzene rings is 2. The first-order chi connectivity index (χ1) is 18.4. The molecule has 0 radical (unpaired) electrons. The summed E-state index contributed by atoms with van der Waals surface area (Å²) in [4.78, 5) is 34.5. The summed E-state index contributed by atoms with van der Waals surface area (Å²) in [6.45, 7) is 8.20. The Bertz CT molecular complexity index is 1110. The van der Waals surface area contributed by atoms with Crippen LogP contribution in [0.15, 0.2) is 48.5 Å². The molecule has 0 unspecified atom stereocenters. The average Bonchev–Trinajstić information content (AvgIpc) is 3.14. The van der Waals surface area contributed by atoms with E-state index >= 15 is 0 Å². The van der Waals surface area contributed by atoms with E-state index in [1.165, 1.54) is 29.2 Å². The summed E-state index contributed by atoms with van der Waals surface area (Å²) in [7, 11) is 2.12. The van der Waals surface area contributed by atoms with Crippen molar-refractivity contribution < 1.29 is 18.7 Å². The molecule has 0 saturated carbocycles. The Hall–Kier alpha value is -3.08. The van der Waals surface area contributed by atoms with E-state index in [0.29, 0.717) is 29.6 Å². The highest BCUT2D eigenvalue weighted by atomic mass is 32.1. The van der Waals surface area contributed by atoms with Gasteiger partial charge in [0.25, 0.3) is 5.91 Å². The van der Waals surface area contributed by atoms with E-state index in [4.69, 9.17) is 17.0 Å². The Labute approximate surface area is 229 Å². The van der Waals surface area contributed by atoms with Crippen LogP contribution in [-0.4, -0.2) is 90.6 Å². The monoisotopic (exact) mass is 541 g/mol. The minimum Gasteiger partial charge on any atom is -0.494 e. The maximum absolute atomic E-state index is 13.5. The number of rotatable bonds is 11. The van der Waals surface area contributed by atoms with E-state index in [1.54, 1.807) is 12.1 Å². The minimum atomic E-state index is -0.729. The zero-order valence-electron chi connectivity index (χ0n) is 22.1. The highest BCUT2D eigenvalue weighted by Crippen LogP contribution is 2.28. The zero-order valence-corrected chi connectivity index (χ0v) is 22.9. The van der Waals surface area contributed by atoms with Gasteiger partial charge in [0.15, 0.2) is 5.11 Å². The number of hydrogen-bond acceptors (Lipinski definition) is 6. The van der Waals surface area contributed by atoms with Gasteiger partial charge in [0, 0.05) is 38.4 Å². The Kier molecular flexibility index (Phi) is 9.65. The minimum absolute atomic E-state index is 0.0424. The van der Waals surface area contributed by atoms with Crippen molar-refractivity contribution in [3.05, 3.63) is 54.3 Å². The van der Waals surface area contributed by atoms with E-state index in [0.717, 1.165) is 51.3 Å². The lowest BCUT2D eigenvalue weighted by Crippen LogP contribution is -2.45. The molecule has 1 atom stereocenters. The predicted octanol–water partition coefficient (Wildman–Crippen LogP) is 3.58. The van der Waals surface area contributed by atoms with E-state index < -0.39 is 11.9 Å². The number of nitrogens with zero attached hydrogens (tertiary/aromatic N) is 4. The van der Waals surface area contributed by atoms with Gasteiger partial charge in [-0.05, 0) is 87.2 Å². The molecule has 204 valence electrons. The number of hydrogen-bond donors (Lipinski definition) is 1. The van der Waals surface area contributed by atoms with Gasteiger partial charge in [0.2, 0.25) is 5.91 Å². The van der Waals surface area contributed by atoms with Gasteiger partial charge in [-0.15, -0.1) is 0 Å². The first-order valence-electron chi connectivity index (χ1n) is 13.2. The number of ether oxygens (including phenoxy) is 1. The van der Waals surface area contributed by atoms with Crippen LogP contribution in [0.3, 0.4) is 0 Å². The number of halogens is 1. The van der Waals surface area contributed by atoms with Crippen LogP contribution >= 0.6 is 12.2 Å². The Morgan fingerprint density at radius 2 is 1.74 bits per heavy atom. The lowest BCUT2D eigenvalue weighted by molar-refractivity contribution is -0.124. The summed E-state index contributed by atoms with van der Waals surface area (Å²) >= 11 is 5.72. The van der Waals surface area contributed by atoms with Crippen LogP contribution in [0.1, 0.15) is 26.2 Å². The number of likely N-dealkylation sites (N-methyl/N-ethyl adjacent to an activating group) is 1. The van der Waals surface area contributed by atoms with E-state index in [-0.39, 0.29) is 18.2 Å². The third-order valence-corrected chi connectivity index (χ3v) is 7.28. The van der Waals surface area contributed by atoms with Crippen LogP contribution in [0.2, 0.25) is 0 Å². The molecule has 2 saturated heterocycles. The molecule has 8 nitrogen and oxygen atoms in total. The molecule has 2 aromatic rings. The molecule has 2 aliphatic rings. The highest BCUT2D eigenvalue weighted by Gasteiger charge is 2.43. The Morgan fingerprint density at radius 3 is 2.39 bits per heavy atom. The van der Waals surface area contributed by atoms with Crippen molar-refractivity contribution in [1.29, 1.82) is 0 Å². The van der Waals surface area contributed by atoms with Crippen molar-refractivity contribution in [2.24, 2.45) is 0 Å².